The second kappa shape index (κ2) is 5.29. The van der Waals surface area contributed by atoms with Crippen LogP contribution >= 0.6 is 0 Å². The summed E-state index contributed by atoms with van der Waals surface area (Å²) in [6.45, 7) is 0.893. The average Bonchev–Trinajstić information content (AvgIpc) is 2.96. The summed E-state index contributed by atoms with van der Waals surface area (Å²) in [5, 5.41) is 22.0. The summed E-state index contributed by atoms with van der Waals surface area (Å²) in [4.78, 5) is 0. The van der Waals surface area contributed by atoms with Gasteiger partial charge in [0.05, 0.1) is 11.8 Å². The van der Waals surface area contributed by atoms with E-state index in [2.05, 4.69) is 25.9 Å². The van der Waals surface area contributed by atoms with Gasteiger partial charge in [-0.25, -0.2) is 0 Å². The van der Waals surface area contributed by atoms with Crippen molar-refractivity contribution in [2.45, 2.75) is 32.2 Å². The maximum absolute atomic E-state index is 9.41. The Kier molecular flexibility index (Phi) is 3.33. The van der Waals surface area contributed by atoms with Crippen molar-refractivity contribution < 1.29 is 0 Å². The van der Waals surface area contributed by atoms with Crippen molar-refractivity contribution in [3.8, 4) is 6.07 Å². The number of aromatic nitrogens is 5. The van der Waals surface area contributed by atoms with Crippen LogP contribution in [0.4, 0.5) is 0 Å². The first-order valence-electron chi connectivity index (χ1n) is 6.81. The predicted octanol–water partition coefficient (Wildman–Crippen LogP) is 1.80. The molecule has 0 saturated heterocycles. The van der Waals surface area contributed by atoms with Gasteiger partial charge in [-0.3, -0.25) is 4.68 Å². The number of nitriles is 1. The van der Waals surface area contributed by atoms with Gasteiger partial charge in [0.15, 0.2) is 5.82 Å². The summed E-state index contributed by atoms with van der Waals surface area (Å²) in [7, 11) is 1.85. The maximum atomic E-state index is 9.41. The third-order valence-electron chi connectivity index (χ3n) is 3.51. The molecule has 0 N–H and O–H groups in total. The Bertz CT molecular complexity index is 685. The van der Waals surface area contributed by atoms with Crippen molar-refractivity contribution in [3.63, 3.8) is 0 Å². The van der Waals surface area contributed by atoms with Crippen LogP contribution in [-0.2, 0) is 20.0 Å². The minimum atomic E-state index is 0.540. The van der Waals surface area contributed by atoms with Crippen molar-refractivity contribution in [1.82, 2.24) is 24.5 Å². The number of allylic oxidation sites excluding steroid dienone is 1. The molecular formula is C14H16N6. The Morgan fingerprint density at radius 2 is 2.25 bits per heavy atom. The Balaban J connectivity index is 2.00. The fraction of sp³-hybridized carbons (Fsp3) is 0.429. The minimum absolute atomic E-state index is 0.540. The van der Waals surface area contributed by atoms with Gasteiger partial charge in [-0.2, -0.15) is 10.4 Å². The van der Waals surface area contributed by atoms with E-state index in [0.29, 0.717) is 11.4 Å². The topological polar surface area (TPSA) is 72.3 Å². The number of aryl methyl sites for hydroxylation is 2. The third kappa shape index (κ3) is 2.35. The Labute approximate surface area is 117 Å². The lowest BCUT2D eigenvalue weighted by Gasteiger charge is -2.05. The molecule has 3 heterocycles. The molecule has 2 aromatic rings. The van der Waals surface area contributed by atoms with E-state index in [1.807, 2.05) is 19.3 Å². The van der Waals surface area contributed by atoms with Gasteiger partial charge in [0, 0.05) is 31.8 Å². The Morgan fingerprint density at radius 1 is 1.35 bits per heavy atom. The molecule has 20 heavy (non-hydrogen) atoms. The highest BCUT2D eigenvalue weighted by Crippen LogP contribution is 2.21. The zero-order chi connectivity index (χ0) is 13.9. The van der Waals surface area contributed by atoms with Crippen LogP contribution in [0.15, 0.2) is 12.4 Å². The van der Waals surface area contributed by atoms with Crippen molar-refractivity contribution in [2.75, 3.05) is 0 Å². The first-order valence-corrected chi connectivity index (χ1v) is 6.81. The van der Waals surface area contributed by atoms with Crippen molar-refractivity contribution >= 4 is 11.6 Å². The molecule has 0 unspecified atom stereocenters. The van der Waals surface area contributed by atoms with Crippen LogP contribution in [-0.4, -0.2) is 24.5 Å². The molecule has 1 aliphatic rings. The van der Waals surface area contributed by atoms with Gasteiger partial charge in [-0.1, -0.05) is 6.42 Å². The van der Waals surface area contributed by atoms with Crippen molar-refractivity contribution in [2.24, 2.45) is 7.05 Å². The van der Waals surface area contributed by atoms with Crippen molar-refractivity contribution in [1.29, 1.82) is 5.26 Å². The molecule has 0 atom stereocenters. The second-order valence-corrected chi connectivity index (χ2v) is 5.02. The smallest absolute Gasteiger partial charge is 0.174 e. The van der Waals surface area contributed by atoms with Gasteiger partial charge in [-0.15, -0.1) is 10.2 Å². The summed E-state index contributed by atoms with van der Waals surface area (Å²) >= 11 is 0. The van der Waals surface area contributed by atoms with Crippen LogP contribution in [0.2, 0.25) is 0 Å². The molecule has 0 saturated carbocycles. The van der Waals surface area contributed by atoms with Crippen LogP contribution in [0.1, 0.15) is 36.5 Å². The summed E-state index contributed by atoms with van der Waals surface area (Å²) in [6.07, 6.45) is 9.83. The molecule has 0 amide bonds. The van der Waals surface area contributed by atoms with Gasteiger partial charge in [0.1, 0.15) is 11.9 Å². The highest BCUT2D eigenvalue weighted by Gasteiger charge is 2.17. The molecule has 0 radical (unpaired) electrons. The molecule has 102 valence electrons. The van der Waals surface area contributed by atoms with Gasteiger partial charge < -0.3 is 4.57 Å². The number of hydrogen-bond donors (Lipinski definition) is 0. The zero-order valence-corrected chi connectivity index (χ0v) is 11.5. The summed E-state index contributed by atoms with van der Waals surface area (Å²) < 4.78 is 3.80. The normalized spacial score (nSPS) is 15.5. The van der Waals surface area contributed by atoms with Crippen LogP contribution < -0.4 is 0 Å². The maximum Gasteiger partial charge on any atom is 0.174 e. The van der Waals surface area contributed by atoms with Crippen molar-refractivity contribution in [3.05, 3.63) is 29.6 Å². The number of nitrogens with zero attached hydrogens (tertiary/aromatic N) is 6. The number of rotatable bonds is 2. The standard InChI is InChI=1S/C14H16N6/c1-19-10-11(9-16-19)7-12(8-15)14-18-17-13-5-3-2-4-6-20(13)14/h7,9-10H,2-6H2,1H3/b12-7+. The van der Waals surface area contributed by atoms with E-state index in [1.165, 1.54) is 6.42 Å². The lowest BCUT2D eigenvalue weighted by molar-refractivity contribution is 0.627. The van der Waals surface area contributed by atoms with Crippen LogP contribution in [0.3, 0.4) is 0 Å². The first-order chi connectivity index (χ1) is 9.78. The van der Waals surface area contributed by atoms with E-state index in [-0.39, 0.29) is 0 Å². The summed E-state index contributed by atoms with van der Waals surface area (Å²) in [5.41, 5.74) is 1.44. The molecular weight excluding hydrogens is 252 g/mol. The fourth-order valence-corrected chi connectivity index (χ4v) is 2.51. The van der Waals surface area contributed by atoms with E-state index in [4.69, 9.17) is 0 Å². The van der Waals surface area contributed by atoms with Gasteiger partial charge in [0.2, 0.25) is 0 Å². The largest absolute Gasteiger partial charge is 0.310 e. The molecule has 0 bridgehead atoms. The quantitative estimate of drug-likeness (QED) is 0.778. The monoisotopic (exact) mass is 268 g/mol. The molecule has 6 heteroatoms. The Morgan fingerprint density at radius 3 is 3.00 bits per heavy atom. The van der Waals surface area contributed by atoms with Gasteiger partial charge in [-0.05, 0) is 18.9 Å². The van der Waals surface area contributed by atoms with E-state index in [0.717, 1.165) is 37.2 Å². The third-order valence-corrected chi connectivity index (χ3v) is 3.51. The molecule has 2 aromatic heterocycles. The lowest BCUT2D eigenvalue weighted by atomic mass is 10.2. The van der Waals surface area contributed by atoms with E-state index in [1.54, 1.807) is 10.9 Å². The Hall–Kier alpha value is -2.42. The predicted molar refractivity (Wildman–Crippen MR) is 74.3 cm³/mol. The van der Waals surface area contributed by atoms with Gasteiger partial charge >= 0.3 is 0 Å². The van der Waals surface area contributed by atoms with Gasteiger partial charge in [0.25, 0.3) is 0 Å². The molecule has 0 aromatic carbocycles. The van der Waals surface area contributed by atoms with E-state index >= 15 is 0 Å². The first kappa shape index (κ1) is 12.6. The highest BCUT2D eigenvalue weighted by atomic mass is 15.3. The molecule has 0 aliphatic carbocycles. The molecule has 1 aliphatic heterocycles. The second-order valence-electron chi connectivity index (χ2n) is 5.02. The SMILES string of the molecule is Cn1cc(/C=C(\C#N)c2nnc3n2CCCCC3)cn1. The highest BCUT2D eigenvalue weighted by molar-refractivity contribution is 5.86. The average molecular weight is 268 g/mol. The summed E-state index contributed by atoms with van der Waals surface area (Å²) in [6, 6.07) is 2.23. The minimum Gasteiger partial charge on any atom is -0.310 e. The zero-order valence-electron chi connectivity index (χ0n) is 11.5. The van der Waals surface area contributed by atoms with Crippen LogP contribution in [0.25, 0.3) is 11.6 Å². The van der Waals surface area contributed by atoms with E-state index < -0.39 is 0 Å². The number of fused-ring (bicyclic) bond motifs is 1. The number of hydrogen-bond acceptors (Lipinski definition) is 4. The molecule has 6 nitrogen and oxygen atoms in total. The molecule has 0 fully saturated rings. The van der Waals surface area contributed by atoms with E-state index in [9.17, 15) is 5.26 Å². The van der Waals surface area contributed by atoms with Crippen LogP contribution in [0.5, 0.6) is 0 Å². The molecule has 0 spiro atoms. The van der Waals surface area contributed by atoms with Crippen LogP contribution in [0, 0.1) is 11.3 Å². The fourth-order valence-electron chi connectivity index (χ4n) is 2.51. The lowest BCUT2D eigenvalue weighted by Crippen LogP contribution is -2.05. The summed E-state index contributed by atoms with van der Waals surface area (Å²) in [5.74, 6) is 1.66. The molecule has 3 rings (SSSR count).